The highest BCUT2D eigenvalue weighted by Crippen LogP contribution is 2.17. The first kappa shape index (κ1) is 15.5. The van der Waals surface area contributed by atoms with E-state index >= 15 is 0 Å². The maximum Gasteiger partial charge on any atom is 0.151 e. The number of aromatic amines is 1. The predicted molar refractivity (Wildman–Crippen MR) is 86.9 cm³/mol. The molecule has 0 spiro atoms. The highest BCUT2D eigenvalue weighted by Gasteiger charge is 2.07. The molecule has 0 unspecified atom stereocenters. The van der Waals surface area contributed by atoms with Crippen molar-refractivity contribution in [1.29, 1.82) is 0 Å². The van der Waals surface area contributed by atoms with Crippen molar-refractivity contribution < 1.29 is 0 Å². The van der Waals surface area contributed by atoms with Crippen molar-refractivity contribution >= 4 is 27.5 Å². The van der Waals surface area contributed by atoms with E-state index < -0.39 is 0 Å². The topological polar surface area (TPSA) is 40.7 Å². The lowest BCUT2D eigenvalue weighted by Gasteiger charge is -2.05. The Kier molecular flexibility index (Phi) is 6.07. The van der Waals surface area contributed by atoms with Crippen LogP contribution in [0.1, 0.15) is 36.8 Å². The minimum Gasteiger partial charge on any atom is -0.344 e. The lowest BCUT2D eigenvalue weighted by molar-refractivity contribution is 0.677. The smallest absolute Gasteiger partial charge is 0.151 e. The molecular weight excluding hydrogens is 338 g/mol. The maximum atomic E-state index is 6.15. The minimum atomic E-state index is 0.579. The maximum absolute atomic E-state index is 6.15. The van der Waals surface area contributed by atoms with Gasteiger partial charge in [-0.05, 0) is 18.1 Å². The van der Waals surface area contributed by atoms with Gasteiger partial charge in [0.1, 0.15) is 5.82 Å². The molecule has 0 aliphatic rings. The first-order valence-corrected chi connectivity index (χ1v) is 8.05. The fourth-order valence-electron chi connectivity index (χ4n) is 1.98. The molecule has 2 N–H and O–H groups in total. The van der Waals surface area contributed by atoms with Crippen molar-refractivity contribution in [3.8, 4) is 0 Å². The second kappa shape index (κ2) is 7.81. The number of nitrogens with zero attached hydrogens (tertiary/aromatic N) is 1. The van der Waals surface area contributed by atoms with Gasteiger partial charge in [0.25, 0.3) is 0 Å². The van der Waals surface area contributed by atoms with Gasteiger partial charge in [0, 0.05) is 24.0 Å². The van der Waals surface area contributed by atoms with Gasteiger partial charge in [-0.1, -0.05) is 59.1 Å². The molecule has 0 saturated carbocycles. The van der Waals surface area contributed by atoms with E-state index in [0.717, 1.165) is 41.8 Å². The number of H-pyrrole nitrogens is 1. The summed E-state index contributed by atoms with van der Waals surface area (Å²) < 4.78 is 1.12. The summed E-state index contributed by atoms with van der Waals surface area (Å²) >= 11 is 9.69. The van der Waals surface area contributed by atoms with Gasteiger partial charge < -0.3 is 10.3 Å². The quantitative estimate of drug-likeness (QED) is 0.769. The molecule has 0 aliphatic carbocycles. The number of hydrogen-bond donors (Lipinski definition) is 2. The van der Waals surface area contributed by atoms with Crippen LogP contribution in [0.5, 0.6) is 0 Å². The number of halogens is 2. The number of aryl methyl sites for hydroxylation is 1. The summed E-state index contributed by atoms with van der Waals surface area (Å²) in [5.74, 6) is 0.981. The third-order valence-corrected chi connectivity index (χ3v) is 4.21. The Labute approximate surface area is 133 Å². The van der Waals surface area contributed by atoms with Crippen molar-refractivity contribution in [3.05, 3.63) is 51.0 Å². The van der Waals surface area contributed by atoms with Crippen molar-refractivity contribution in [2.75, 3.05) is 0 Å². The monoisotopic (exact) mass is 355 g/mol. The zero-order valence-electron chi connectivity index (χ0n) is 11.5. The molecule has 108 valence electrons. The van der Waals surface area contributed by atoms with Crippen molar-refractivity contribution in [1.82, 2.24) is 15.3 Å². The molecule has 0 fully saturated rings. The molecule has 0 atom stereocenters. The Morgan fingerprint density at radius 1 is 1.30 bits per heavy atom. The van der Waals surface area contributed by atoms with Crippen molar-refractivity contribution in [3.63, 3.8) is 0 Å². The summed E-state index contributed by atoms with van der Waals surface area (Å²) in [6.45, 7) is 3.66. The summed E-state index contributed by atoms with van der Waals surface area (Å²) in [4.78, 5) is 7.65. The highest BCUT2D eigenvalue weighted by molar-refractivity contribution is 9.10. The van der Waals surface area contributed by atoms with Crippen LogP contribution in [0.3, 0.4) is 0 Å². The second-order valence-electron chi connectivity index (χ2n) is 4.75. The summed E-state index contributed by atoms with van der Waals surface area (Å²) in [5, 5.41) is 3.96. The fourth-order valence-corrected chi connectivity index (χ4v) is 2.62. The molecule has 1 aromatic carbocycles. The Bertz CT molecular complexity index is 554. The fraction of sp³-hybridized carbons (Fsp3) is 0.400. The number of rotatable bonds is 7. The van der Waals surface area contributed by atoms with Gasteiger partial charge in [0.05, 0.1) is 5.69 Å². The largest absolute Gasteiger partial charge is 0.344 e. The van der Waals surface area contributed by atoms with E-state index in [0.29, 0.717) is 11.7 Å². The number of aromatic nitrogens is 2. The van der Waals surface area contributed by atoms with E-state index in [1.807, 2.05) is 18.2 Å². The molecule has 0 bridgehead atoms. The van der Waals surface area contributed by atoms with Crippen LogP contribution >= 0.6 is 27.5 Å². The first-order valence-electron chi connectivity index (χ1n) is 6.88. The van der Waals surface area contributed by atoms with E-state index in [9.17, 15) is 0 Å². The normalized spacial score (nSPS) is 10.9. The summed E-state index contributed by atoms with van der Waals surface area (Å²) in [6, 6.07) is 8.19. The Morgan fingerprint density at radius 3 is 2.85 bits per heavy atom. The first-order chi connectivity index (χ1) is 9.70. The van der Waals surface area contributed by atoms with Crippen molar-refractivity contribution in [2.45, 2.75) is 39.3 Å². The lowest BCUT2D eigenvalue weighted by Crippen LogP contribution is -2.13. The van der Waals surface area contributed by atoms with Gasteiger partial charge in [0.2, 0.25) is 0 Å². The Hall–Kier alpha value is -0.840. The lowest BCUT2D eigenvalue weighted by atomic mass is 10.2. The molecule has 1 aromatic heterocycles. The van der Waals surface area contributed by atoms with Crippen LogP contribution in [0.2, 0.25) is 5.15 Å². The third-order valence-electron chi connectivity index (χ3n) is 3.12. The summed E-state index contributed by atoms with van der Waals surface area (Å²) in [5.41, 5.74) is 2.19. The zero-order chi connectivity index (χ0) is 14.4. The van der Waals surface area contributed by atoms with Crippen LogP contribution in [0.4, 0.5) is 0 Å². The van der Waals surface area contributed by atoms with Crippen LogP contribution in [0, 0.1) is 0 Å². The van der Waals surface area contributed by atoms with E-state index in [4.69, 9.17) is 11.6 Å². The number of benzene rings is 1. The minimum absolute atomic E-state index is 0.579. The third kappa shape index (κ3) is 4.33. The average molecular weight is 357 g/mol. The Morgan fingerprint density at radius 2 is 2.10 bits per heavy atom. The molecule has 5 heteroatoms. The van der Waals surface area contributed by atoms with E-state index in [1.54, 1.807) is 0 Å². The SMILES string of the molecule is CCCCc1nc(Cl)c(CNCc2ccccc2Br)[nH]1. The molecule has 0 saturated heterocycles. The van der Waals surface area contributed by atoms with Crippen LogP contribution in [-0.2, 0) is 19.5 Å². The van der Waals surface area contributed by atoms with Gasteiger partial charge in [-0.2, -0.15) is 0 Å². The molecule has 3 nitrogen and oxygen atoms in total. The molecule has 0 radical (unpaired) electrons. The van der Waals surface area contributed by atoms with Crippen molar-refractivity contribution in [2.24, 2.45) is 0 Å². The van der Waals surface area contributed by atoms with Gasteiger partial charge in [-0.15, -0.1) is 0 Å². The van der Waals surface area contributed by atoms with Crippen LogP contribution in [-0.4, -0.2) is 9.97 Å². The molecule has 2 aromatic rings. The number of hydrogen-bond acceptors (Lipinski definition) is 2. The Balaban J connectivity index is 1.88. The summed E-state index contributed by atoms with van der Waals surface area (Å²) in [7, 11) is 0. The van der Waals surface area contributed by atoms with E-state index in [-0.39, 0.29) is 0 Å². The number of nitrogens with one attached hydrogen (secondary N) is 2. The molecule has 2 rings (SSSR count). The van der Waals surface area contributed by atoms with E-state index in [2.05, 4.69) is 44.2 Å². The van der Waals surface area contributed by atoms with Crippen LogP contribution < -0.4 is 5.32 Å². The predicted octanol–water partition coefficient (Wildman–Crippen LogP) is 4.46. The van der Waals surface area contributed by atoms with Crippen LogP contribution in [0.15, 0.2) is 28.7 Å². The molecule has 1 heterocycles. The zero-order valence-corrected chi connectivity index (χ0v) is 13.9. The van der Waals surface area contributed by atoms with E-state index in [1.165, 1.54) is 5.56 Å². The van der Waals surface area contributed by atoms with Gasteiger partial charge in [-0.25, -0.2) is 4.98 Å². The average Bonchev–Trinajstić information content (AvgIpc) is 2.79. The van der Waals surface area contributed by atoms with Gasteiger partial charge >= 0.3 is 0 Å². The van der Waals surface area contributed by atoms with Gasteiger partial charge in [-0.3, -0.25) is 0 Å². The van der Waals surface area contributed by atoms with Gasteiger partial charge in [0.15, 0.2) is 5.15 Å². The van der Waals surface area contributed by atoms with Crippen LogP contribution in [0.25, 0.3) is 0 Å². The molecule has 20 heavy (non-hydrogen) atoms. The molecule has 0 amide bonds. The standard InChI is InChI=1S/C15H19BrClN3/c1-2-3-8-14-19-13(15(17)20-14)10-18-9-11-6-4-5-7-12(11)16/h4-7,18H,2-3,8-10H2,1H3,(H,19,20). The highest BCUT2D eigenvalue weighted by atomic mass is 79.9. The molecular formula is C15H19BrClN3. The number of imidazole rings is 1. The number of unbranched alkanes of at least 4 members (excludes halogenated alkanes) is 1. The second-order valence-corrected chi connectivity index (χ2v) is 5.96. The summed E-state index contributed by atoms with van der Waals surface area (Å²) in [6.07, 6.45) is 3.25. The molecule has 0 aliphatic heterocycles.